The molecule has 6 nitrogen and oxygen atoms in total. The van der Waals surface area contributed by atoms with Crippen molar-refractivity contribution in [1.82, 2.24) is 10.3 Å². The Kier molecular flexibility index (Phi) is 6.48. The maximum atomic E-state index is 12.8. The maximum absolute atomic E-state index is 12.8. The first kappa shape index (κ1) is 20.9. The van der Waals surface area contributed by atoms with Gasteiger partial charge < -0.3 is 20.3 Å². The number of nitrogens with zero attached hydrogens (tertiary/aromatic N) is 2. The van der Waals surface area contributed by atoms with E-state index in [1.807, 2.05) is 67.6 Å². The zero-order chi connectivity index (χ0) is 21.6. The Morgan fingerprint density at radius 1 is 1.19 bits per heavy atom. The van der Waals surface area contributed by atoms with E-state index in [2.05, 4.69) is 27.4 Å². The molecule has 4 rings (SSSR count). The van der Waals surface area contributed by atoms with Crippen molar-refractivity contribution in [3.63, 3.8) is 0 Å². The average Bonchev–Trinajstić information content (AvgIpc) is 2.80. The van der Waals surface area contributed by atoms with Crippen LogP contribution in [0.5, 0.6) is 5.75 Å². The summed E-state index contributed by atoms with van der Waals surface area (Å²) >= 11 is 0. The quantitative estimate of drug-likeness (QED) is 0.631. The highest BCUT2D eigenvalue weighted by Gasteiger charge is 2.19. The lowest BCUT2D eigenvalue weighted by molar-refractivity contribution is 0.102. The third-order valence-electron chi connectivity index (χ3n) is 5.43. The number of rotatable bonds is 6. The van der Waals surface area contributed by atoms with Crippen molar-refractivity contribution in [2.75, 3.05) is 36.5 Å². The van der Waals surface area contributed by atoms with E-state index in [4.69, 9.17) is 4.74 Å². The number of ether oxygens (including phenoxy) is 1. The van der Waals surface area contributed by atoms with Gasteiger partial charge in [-0.3, -0.25) is 4.79 Å². The molecule has 3 aromatic rings. The molecule has 0 radical (unpaired) electrons. The van der Waals surface area contributed by atoms with E-state index in [1.165, 1.54) is 0 Å². The summed E-state index contributed by atoms with van der Waals surface area (Å²) in [5, 5.41) is 6.34. The standard InChI is InChI=1S/C25H28N4O2/c1-3-31-23-15-21(10-11-22(23)19-7-5-4-6-8-19)28-25(30)20-9-12-24(27-17-20)29-14-13-26-16-18(29)2/h4-12,15,17-18,26H,3,13-14,16H2,1-2H3,(H,28,30)/t18-/m1/s1. The minimum atomic E-state index is -0.192. The molecule has 1 atom stereocenters. The Hall–Kier alpha value is -3.38. The minimum absolute atomic E-state index is 0.192. The number of carbonyl (C=O) groups is 1. The molecular formula is C25H28N4O2. The van der Waals surface area contributed by atoms with Crippen LogP contribution in [0.15, 0.2) is 66.9 Å². The SMILES string of the molecule is CCOc1cc(NC(=O)c2ccc(N3CCNC[C@H]3C)nc2)ccc1-c1ccccc1. The van der Waals surface area contributed by atoms with Crippen LogP contribution in [0, 0.1) is 0 Å². The highest BCUT2D eigenvalue weighted by atomic mass is 16.5. The van der Waals surface area contributed by atoms with Gasteiger partial charge in [0.05, 0.1) is 12.2 Å². The largest absolute Gasteiger partial charge is 0.493 e. The minimum Gasteiger partial charge on any atom is -0.493 e. The van der Waals surface area contributed by atoms with Crippen LogP contribution in [0.25, 0.3) is 11.1 Å². The molecule has 0 spiro atoms. The Morgan fingerprint density at radius 2 is 2.03 bits per heavy atom. The van der Waals surface area contributed by atoms with Gasteiger partial charge in [0.15, 0.2) is 0 Å². The lowest BCUT2D eigenvalue weighted by Crippen LogP contribution is -2.50. The van der Waals surface area contributed by atoms with Crippen molar-refractivity contribution >= 4 is 17.4 Å². The van der Waals surface area contributed by atoms with Crippen LogP contribution in [0.2, 0.25) is 0 Å². The third kappa shape index (κ3) is 4.86. The molecule has 0 aliphatic carbocycles. The number of piperazine rings is 1. The van der Waals surface area contributed by atoms with E-state index in [-0.39, 0.29) is 5.91 Å². The van der Waals surface area contributed by atoms with Gasteiger partial charge in [0, 0.05) is 49.2 Å². The Morgan fingerprint density at radius 3 is 2.74 bits per heavy atom. The van der Waals surface area contributed by atoms with Crippen molar-refractivity contribution in [2.45, 2.75) is 19.9 Å². The third-order valence-corrected chi connectivity index (χ3v) is 5.43. The number of pyridine rings is 1. The molecule has 0 saturated carbocycles. The van der Waals surface area contributed by atoms with Crippen molar-refractivity contribution in [3.05, 3.63) is 72.4 Å². The van der Waals surface area contributed by atoms with E-state index in [9.17, 15) is 4.79 Å². The van der Waals surface area contributed by atoms with Gasteiger partial charge in [0.25, 0.3) is 5.91 Å². The van der Waals surface area contributed by atoms with Gasteiger partial charge >= 0.3 is 0 Å². The van der Waals surface area contributed by atoms with Crippen LogP contribution < -0.4 is 20.3 Å². The molecule has 0 bridgehead atoms. The second kappa shape index (κ2) is 9.62. The molecule has 1 fully saturated rings. The molecule has 6 heteroatoms. The molecule has 1 saturated heterocycles. The number of nitrogens with one attached hydrogen (secondary N) is 2. The summed E-state index contributed by atoms with van der Waals surface area (Å²) < 4.78 is 5.84. The van der Waals surface area contributed by atoms with Gasteiger partial charge in [-0.15, -0.1) is 0 Å². The van der Waals surface area contributed by atoms with Crippen molar-refractivity contribution in [1.29, 1.82) is 0 Å². The molecule has 1 aliphatic heterocycles. The van der Waals surface area contributed by atoms with E-state index >= 15 is 0 Å². The first-order chi connectivity index (χ1) is 15.2. The summed E-state index contributed by atoms with van der Waals surface area (Å²) in [6.07, 6.45) is 1.64. The first-order valence-corrected chi connectivity index (χ1v) is 10.7. The molecule has 1 aliphatic rings. The number of hydrogen-bond acceptors (Lipinski definition) is 5. The van der Waals surface area contributed by atoms with Crippen molar-refractivity contribution in [2.24, 2.45) is 0 Å². The van der Waals surface area contributed by atoms with Gasteiger partial charge in [0.2, 0.25) is 0 Å². The Labute approximate surface area is 183 Å². The first-order valence-electron chi connectivity index (χ1n) is 10.7. The van der Waals surface area contributed by atoms with Gasteiger partial charge in [-0.2, -0.15) is 0 Å². The van der Waals surface area contributed by atoms with E-state index in [1.54, 1.807) is 6.20 Å². The number of anilines is 2. The molecule has 160 valence electrons. The second-order valence-corrected chi connectivity index (χ2v) is 7.62. The van der Waals surface area contributed by atoms with Crippen molar-refractivity contribution in [3.8, 4) is 16.9 Å². The number of aromatic nitrogens is 1. The fraction of sp³-hybridized carbons (Fsp3) is 0.280. The number of benzene rings is 2. The van der Waals surface area contributed by atoms with Crippen molar-refractivity contribution < 1.29 is 9.53 Å². The fourth-order valence-electron chi connectivity index (χ4n) is 3.81. The van der Waals surface area contributed by atoms with Crippen LogP contribution in [-0.4, -0.2) is 43.2 Å². The molecule has 2 N–H and O–H groups in total. The van der Waals surface area contributed by atoms with E-state index in [0.29, 0.717) is 23.9 Å². The van der Waals surface area contributed by atoms with Gasteiger partial charge in [-0.05, 0) is 43.7 Å². The highest BCUT2D eigenvalue weighted by Crippen LogP contribution is 2.32. The molecule has 2 heterocycles. The topological polar surface area (TPSA) is 66.5 Å². The summed E-state index contributed by atoms with van der Waals surface area (Å²) in [6, 6.07) is 19.9. The van der Waals surface area contributed by atoms with Crippen LogP contribution in [0.4, 0.5) is 11.5 Å². The predicted octanol–water partition coefficient (Wildman–Crippen LogP) is 4.20. The van der Waals surface area contributed by atoms with E-state index in [0.717, 1.165) is 42.3 Å². The van der Waals surface area contributed by atoms with Crippen LogP contribution in [0.1, 0.15) is 24.2 Å². The monoisotopic (exact) mass is 416 g/mol. The van der Waals surface area contributed by atoms with Gasteiger partial charge in [-0.25, -0.2) is 4.98 Å². The summed E-state index contributed by atoms with van der Waals surface area (Å²) in [5.74, 6) is 1.45. The molecule has 2 aromatic carbocycles. The second-order valence-electron chi connectivity index (χ2n) is 7.62. The zero-order valence-electron chi connectivity index (χ0n) is 18.0. The number of hydrogen-bond donors (Lipinski definition) is 2. The summed E-state index contributed by atoms with van der Waals surface area (Å²) in [6.45, 7) is 7.46. The molecule has 31 heavy (non-hydrogen) atoms. The average molecular weight is 417 g/mol. The Bertz CT molecular complexity index is 1020. The van der Waals surface area contributed by atoms with Crippen LogP contribution >= 0.6 is 0 Å². The van der Waals surface area contributed by atoms with Gasteiger partial charge in [-0.1, -0.05) is 30.3 Å². The molecule has 1 aromatic heterocycles. The van der Waals surface area contributed by atoms with Gasteiger partial charge in [0.1, 0.15) is 11.6 Å². The smallest absolute Gasteiger partial charge is 0.257 e. The summed E-state index contributed by atoms with van der Waals surface area (Å²) in [4.78, 5) is 19.6. The number of amides is 1. The summed E-state index contributed by atoms with van der Waals surface area (Å²) in [5.41, 5.74) is 3.28. The zero-order valence-corrected chi connectivity index (χ0v) is 18.0. The maximum Gasteiger partial charge on any atom is 0.257 e. The van der Waals surface area contributed by atoms with E-state index < -0.39 is 0 Å². The highest BCUT2D eigenvalue weighted by molar-refractivity contribution is 6.04. The van der Waals surface area contributed by atoms with Crippen LogP contribution in [-0.2, 0) is 0 Å². The van der Waals surface area contributed by atoms with Crippen LogP contribution in [0.3, 0.4) is 0 Å². The normalized spacial score (nSPS) is 16.1. The molecular weight excluding hydrogens is 388 g/mol. The molecule has 0 unspecified atom stereocenters. The molecule has 1 amide bonds. The number of carbonyl (C=O) groups excluding carboxylic acids is 1. The lowest BCUT2D eigenvalue weighted by atomic mass is 10.0. The lowest BCUT2D eigenvalue weighted by Gasteiger charge is -2.34. The summed E-state index contributed by atoms with van der Waals surface area (Å²) in [7, 11) is 0. The fourth-order valence-corrected chi connectivity index (χ4v) is 3.81. The predicted molar refractivity (Wildman–Crippen MR) is 125 cm³/mol. The Balaban J connectivity index is 1.49.